The molecule has 1 aromatic carbocycles. The van der Waals surface area contributed by atoms with Crippen LogP contribution in [0.5, 0.6) is 0 Å². The topological polar surface area (TPSA) is 95.2 Å². The minimum atomic E-state index is -3.55. The van der Waals surface area contributed by atoms with Gasteiger partial charge in [-0.05, 0) is 25.0 Å². The number of sulfonamides is 1. The van der Waals surface area contributed by atoms with E-state index in [0.717, 1.165) is 24.1 Å². The summed E-state index contributed by atoms with van der Waals surface area (Å²) >= 11 is 0. The first-order valence-corrected chi connectivity index (χ1v) is 9.42. The fraction of sp³-hybridized carbons (Fsp3) is 0.375. The largest absolute Gasteiger partial charge is 0.311 e. The quantitative estimate of drug-likeness (QED) is 0.877. The molecule has 2 aliphatic rings. The Balaban J connectivity index is 1.59. The van der Waals surface area contributed by atoms with Crippen LogP contribution in [0.2, 0.25) is 0 Å². The molecule has 0 saturated heterocycles. The van der Waals surface area contributed by atoms with Crippen LogP contribution in [-0.4, -0.2) is 35.4 Å². The molecule has 1 aliphatic heterocycles. The molecule has 8 heteroatoms. The summed E-state index contributed by atoms with van der Waals surface area (Å²) in [5, 5.41) is 9.90. The third kappa shape index (κ3) is 2.71. The average molecular weight is 346 g/mol. The molecule has 0 unspecified atom stereocenters. The third-order valence-electron chi connectivity index (χ3n) is 4.46. The zero-order chi connectivity index (χ0) is 16.7. The van der Waals surface area contributed by atoms with Gasteiger partial charge in [-0.25, -0.2) is 8.42 Å². The Morgan fingerprint density at radius 1 is 1.25 bits per heavy atom. The second-order valence-electron chi connectivity index (χ2n) is 6.19. The van der Waals surface area contributed by atoms with Crippen LogP contribution in [0.3, 0.4) is 0 Å². The maximum absolute atomic E-state index is 12.8. The van der Waals surface area contributed by atoms with Gasteiger partial charge in [-0.3, -0.25) is 9.89 Å². The number of anilines is 1. The van der Waals surface area contributed by atoms with Crippen LogP contribution < -0.4 is 5.32 Å². The van der Waals surface area contributed by atoms with Crippen molar-refractivity contribution in [1.82, 2.24) is 14.5 Å². The molecular formula is C16H18N4O3S. The van der Waals surface area contributed by atoms with Gasteiger partial charge in [0, 0.05) is 31.0 Å². The fourth-order valence-corrected chi connectivity index (χ4v) is 4.32. The smallest absolute Gasteiger partial charge is 0.243 e. The minimum Gasteiger partial charge on any atom is -0.311 e. The van der Waals surface area contributed by atoms with Gasteiger partial charge >= 0.3 is 0 Å². The van der Waals surface area contributed by atoms with Crippen LogP contribution in [0.4, 0.5) is 5.82 Å². The van der Waals surface area contributed by atoms with Crippen molar-refractivity contribution in [3.05, 3.63) is 41.6 Å². The van der Waals surface area contributed by atoms with Crippen LogP contribution in [-0.2, 0) is 27.8 Å². The van der Waals surface area contributed by atoms with E-state index in [0.29, 0.717) is 18.8 Å². The van der Waals surface area contributed by atoms with E-state index in [2.05, 4.69) is 15.5 Å². The number of aromatic nitrogens is 2. The molecule has 126 valence electrons. The first kappa shape index (κ1) is 15.3. The van der Waals surface area contributed by atoms with Crippen molar-refractivity contribution in [1.29, 1.82) is 0 Å². The molecule has 2 heterocycles. The van der Waals surface area contributed by atoms with E-state index in [-0.39, 0.29) is 23.3 Å². The Morgan fingerprint density at radius 2 is 2.00 bits per heavy atom. The number of rotatable bonds is 4. The molecule has 0 atom stereocenters. The summed E-state index contributed by atoms with van der Waals surface area (Å²) < 4.78 is 27.0. The lowest BCUT2D eigenvalue weighted by Crippen LogP contribution is -2.36. The molecular weight excluding hydrogens is 328 g/mol. The number of hydrogen-bond acceptors (Lipinski definition) is 4. The number of nitrogens with zero attached hydrogens (tertiary/aromatic N) is 2. The molecule has 2 N–H and O–H groups in total. The number of fused-ring (bicyclic) bond motifs is 1. The summed E-state index contributed by atoms with van der Waals surface area (Å²) in [6, 6.07) is 8.39. The number of hydrogen-bond donors (Lipinski definition) is 2. The van der Waals surface area contributed by atoms with Crippen LogP contribution >= 0.6 is 0 Å². The number of aromatic amines is 1. The van der Waals surface area contributed by atoms with Gasteiger partial charge in [-0.2, -0.15) is 9.40 Å². The van der Waals surface area contributed by atoms with E-state index in [1.54, 1.807) is 30.3 Å². The van der Waals surface area contributed by atoms with Crippen molar-refractivity contribution in [2.45, 2.75) is 30.7 Å². The zero-order valence-electron chi connectivity index (χ0n) is 13.0. The lowest BCUT2D eigenvalue weighted by atomic mass is 10.1. The molecule has 1 saturated carbocycles. The number of amides is 1. The summed E-state index contributed by atoms with van der Waals surface area (Å²) in [4.78, 5) is 12.2. The molecule has 1 fully saturated rings. The number of benzene rings is 1. The maximum Gasteiger partial charge on any atom is 0.243 e. The lowest BCUT2D eigenvalue weighted by Gasteiger charge is -2.26. The van der Waals surface area contributed by atoms with Gasteiger partial charge < -0.3 is 5.32 Å². The predicted molar refractivity (Wildman–Crippen MR) is 87.7 cm³/mol. The number of carbonyl (C=O) groups is 1. The summed E-state index contributed by atoms with van der Waals surface area (Å²) in [7, 11) is -3.55. The first-order valence-electron chi connectivity index (χ1n) is 7.98. The summed E-state index contributed by atoms with van der Waals surface area (Å²) in [6.07, 6.45) is 2.35. The molecule has 2 aromatic rings. The van der Waals surface area contributed by atoms with E-state index in [1.807, 2.05) is 0 Å². The standard InChI is InChI=1S/C16H18N4O3S/c21-16(11-6-7-11)17-15-13-10-20(9-8-14(13)18-19-15)24(22,23)12-4-2-1-3-5-12/h1-5,11H,6-10H2,(H2,17,18,19,21). The Morgan fingerprint density at radius 3 is 2.71 bits per heavy atom. The molecule has 0 spiro atoms. The van der Waals surface area contributed by atoms with Crippen molar-refractivity contribution < 1.29 is 13.2 Å². The summed E-state index contributed by atoms with van der Waals surface area (Å²) in [5.41, 5.74) is 1.58. The van der Waals surface area contributed by atoms with Gasteiger partial charge in [-0.15, -0.1) is 0 Å². The first-order chi connectivity index (χ1) is 11.6. The maximum atomic E-state index is 12.8. The molecule has 7 nitrogen and oxygen atoms in total. The van der Waals surface area contributed by atoms with Crippen molar-refractivity contribution >= 4 is 21.7 Å². The number of carbonyl (C=O) groups excluding carboxylic acids is 1. The third-order valence-corrected chi connectivity index (χ3v) is 6.32. The van der Waals surface area contributed by atoms with Crippen LogP contribution in [0.25, 0.3) is 0 Å². The Kier molecular flexibility index (Phi) is 3.65. The Labute approximate surface area is 140 Å². The SMILES string of the molecule is O=C(Nc1[nH]nc2c1CN(S(=O)(=O)c1ccccc1)CC2)C1CC1. The van der Waals surface area contributed by atoms with Crippen molar-refractivity contribution in [3.8, 4) is 0 Å². The fourth-order valence-electron chi connectivity index (χ4n) is 2.89. The van der Waals surface area contributed by atoms with Crippen LogP contribution in [0.1, 0.15) is 24.1 Å². The van der Waals surface area contributed by atoms with Gasteiger partial charge in [0.2, 0.25) is 15.9 Å². The lowest BCUT2D eigenvalue weighted by molar-refractivity contribution is -0.117. The second-order valence-corrected chi connectivity index (χ2v) is 8.13. The highest BCUT2D eigenvalue weighted by molar-refractivity contribution is 7.89. The van der Waals surface area contributed by atoms with Gasteiger partial charge in [0.1, 0.15) is 5.82 Å². The van der Waals surface area contributed by atoms with E-state index in [4.69, 9.17) is 0 Å². The monoisotopic (exact) mass is 346 g/mol. The molecule has 1 amide bonds. The van der Waals surface area contributed by atoms with Crippen molar-refractivity contribution in [3.63, 3.8) is 0 Å². The molecule has 0 radical (unpaired) electrons. The molecule has 24 heavy (non-hydrogen) atoms. The minimum absolute atomic E-state index is 0.0236. The highest BCUT2D eigenvalue weighted by atomic mass is 32.2. The zero-order valence-corrected chi connectivity index (χ0v) is 13.8. The highest BCUT2D eigenvalue weighted by Crippen LogP contribution is 2.32. The van der Waals surface area contributed by atoms with Gasteiger partial charge in [0.25, 0.3) is 0 Å². The van der Waals surface area contributed by atoms with Crippen LogP contribution in [0, 0.1) is 5.92 Å². The van der Waals surface area contributed by atoms with E-state index in [9.17, 15) is 13.2 Å². The van der Waals surface area contributed by atoms with Gasteiger partial charge in [0.15, 0.2) is 0 Å². The van der Waals surface area contributed by atoms with Gasteiger partial charge in [0.05, 0.1) is 10.6 Å². The predicted octanol–water partition coefficient (Wildman–Crippen LogP) is 1.51. The van der Waals surface area contributed by atoms with E-state index >= 15 is 0 Å². The highest BCUT2D eigenvalue weighted by Gasteiger charge is 2.34. The van der Waals surface area contributed by atoms with Crippen molar-refractivity contribution in [2.75, 3.05) is 11.9 Å². The normalized spacial score (nSPS) is 18.2. The summed E-state index contributed by atoms with van der Waals surface area (Å²) in [6.45, 7) is 0.592. The van der Waals surface area contributed by atoms with Crippen molar-refractivity contribution in [2.24, 2.45) is 5.92 Å². The van der Waals surface area contributed by atoms with E-state index in [1.165, 1.54) is 4.31 Å². The average Bonchev–Trinajstić information content (AvgIpc) is 3.38. The Hall–Kier alpha value is -2.19. The van der Waals surface area contributed by atoms with Crippen LogP contribution in [0.15, 0.2) is 35.2 Å². The second kappa shape index (κ2) is 5.71. The molecule has 4 rings (SSSR count). The molecule has 1 aliphatic carbocycles. The Bertz CT molecular complexity index is 872. The number of nitrogens with one attached hydrogen (secondary N) is 2. The van der Waals surface area contributed by atoms with Gasteiger partial charge in [-0.1, -0.05) is 18.2 Å². The van der Waals surface area contributed by atoms with E-state index < -0.39 is 10.0 Å². The molecule has 1 aromatic heterocycles. The summed E-state index contributed by atoms with van der Waals surface area (Å²) in [5.74, 6) is 0.580. The number of H-pyrrole nitrogens is 1. The molecule has 0 bridgehead atoms.